The number of hydrogen-bond acceptors (Lipinski definition) is 5. The van der Waals surface area contributed by atoms with Crippen LogP contribution in [0.3, 0.4) is 0 Å². The summed E-state index contributed by atoms with van der Waals surface area (Å²) in [6.45, 7) is 2.29. The summed E-state index contributed by atoms with van der Waals surface area (Å²) in [4.78, 5) is 11.7. The van der Waals surface area contributed by atoms with Crippen molar-refractivity contribution >= 4 is 5.82 Å². The molecule has 140 valence electrons. The number of aromatic nitrogens is 3. The van der Waals surface area contributed by atoms with Crippen LogP contribution >= 0.6 is 0 Å². The minimum atomic E-state index is -4.57. The number of anilines is 1. The molecule has 1 aliphatic carbocycles. The summed E-state index contributed by atoms with van der Waals surface area (Å²) >= 11 is 0. The van der Waals surface area contributed by atoms with Crippen molar-refractivity contribution < 1.29 is 18.3 Å². The first-order chi connectivity index (χ1) is 12.3. The van der Waals surface area contributed by atoms with Gasteiger partial charge in [0.25, 0.3) is 0 Å². The van der Waals surface area contributed by atoms with Crippen molar-refractivity contribution in [3.8, 4) is 11.4 Å². The van der Waals surface area contributed by atoms with Crippen molar-refractivity contribution in [2.75, 3.05) is 11.9 Å². The Balaban J connectivity index is 1.88. The van der Waals surface area contributed by atoms with E-state index in [2.05, 4.69) is 20.3 Å². The molecule has 2 N–H and O–H groups in total. The van der Waals surface area contributed by atoms with Gasteiger partial charge in [0.05, 0.1) is 6.10 Å². The van der Waals surface area contributed by atoms with Crippen LogP contribution in [0.1, 0.15) is 38.3 Å². The quantitative estimate of drug-likeness (QED) is 0.858. The molecular weight excluding hydrogens is 345 g/mol. The Morgan fingerprint density at radius 3 is 2.62 bits per heavy atom. The Bertz CT molecular complexity index is 754. The molecule has 8 heteroatoms. The van der Waals surface area contributed by atoms with E-state index in [1.165, 1.54) is 12.4 Å². The topological polar surface area (TPSA) is 70.9 Å². The van der Waals surface area contributed by atoms with Gasteiger partial charge in [0.15, 0.2) is 11.5 Å². The van der Waals surface area contributed by atoms with Gasteiger partial charge in [-0.05, 0) is 25.0 Å². The number of halogens is 3. The number of hydrogen-bond donors (Lipinski definition) is 2. The van der Waals surface area contributed by atoms with E-state index in [4.69, 9.17) is 0 Å². The first-order valence-corrected chi connectivity index (χ1v) is 8.56. The van der Waals surface area contributed by atoms with E-state index in [1.54, 1.807) is 12.1 Å². The maximum absolute atomic E-state index is 13.2. The van der Waals surface area contributed by atoms with E-state index in [1.807, 2.05) is 6.92 Å². The second-order valence-electron chi connectivity index (χ2n) is 6.96. The third kappa shape index (κ3) is 4.12. The number of nitrogens with one attached hydrogen (secondary N) is 1. The van der Waals surface area contributed by atoms with Gasteiger partial charge in [0.2, 0.25) is 0 Å². The molecule has 1 fully saturated rings. The molecule has 5 nitrogen and oxygen atoms in total. The smallest absolute Gasteiger partial charge is 0.392 e. The molecule has 1 aliphatic rings. The molecule has 0 aromatic carbocycles. The molecule has 0 amide bonds. The van der Waals surface area contributed by atoms with Gasteiger partial charge in [-0.2, -0.15) is 13.2 Å². The molecule has 26 heavy (non-hydrogen) atoms. The summed E-state index contributed by atoms with van der Waals surface area (Å²) in [6.07, 6.45) is 1.39. The summed E-state index contributed by atoms with van der Waals surface area (Å²) in [5, 5.41) is 13.2. The second-order valence-corrected chi connectivity index (χ2v) is 6.96. The third-order valence-electron chi connectivity index (χ3n) is 4.91. The Labute approximate surface area is 149 Å². The Hall–Kier alpha value is -2.22. The van der Waals surface area contributed by atoms with Gasteiger partial charge in [-0.15, -0.1) is 0 Å². The Morgan fingerprint density at radius 1 is 1.23 bits per heavy atom. The Kier molecular flexibility index (Phi) is 5.13. The van der Waals surface area contributed by atoms with Crippen LogP contribution in [0, 0.1) is 5.41 Å². The first-order valence-electron chi connectivity index (χ1n) is 8.56. The average molecular weight is 366 g/mol. The SMILES string of the molecule is CC1(CNc2cc(C(F)(F)F)nc(-c3ccncc3)n2)CCCCC1O. The van der Waals surface area contributed by atoms with E-state index >= 15 is 0 Å². The standard InChI is InChI=1S/C18H21F3N4O/c1-17(7-3-2-4-14(17)26)11-23-15-10-13(18(19,20)21)24-16(25-15)12-5-8-22-9-6-12/h5-6,8-10,14,26H,2-4,7,11H2,1H3,(H,23,24,25). The van der Waals surface area contributed by atoms with Crippen LogP contribution < -0.4 is 5.32 Å². The normalized spacial score (nSPS) is 23.7. The highest BCUT2D eigenvalue weighted by molar-refractivity contribution is 5.57. The van der Waals surface area contributed by atoms with Gasteiger partial charge in [0, 0.05) is 36.0 Å². The summed E-state index contributed by atoms with van der Waals surface area (Å²) in [7, 11) is 0. The lowest BCUT2D eigenvalue weighted by molar-refractivity contribution is -0.141. The van der Waals surface area contributed by atoms with E-state index in [0.717, 1.165) is 25.3 Å². The van der Waals surface area contributed by atoms with Crippen molar-refractivity contribution in [3.63, 3.8) is 0 Å². The molecule has 3 rings (SSSR count). The van der Waals surface area contributed by atoms with Crippen molar-refractivity contribution in [1.29, 1.82) is 0 Å². The maximum Gasteiger partial charge on any atom is 0.433 e. The number of alkyl halides is 3. The summed E-state index contributed by atoms with van der Waals surface area (Å²) in [5.74, 6) is 0.0807. The highest BCUT2D eigenvalue weighted by Gasteiger charge is 2.36. The van der Waals surface area contributed by atoms with Crippen molar-refractivity contribution in [2.24, 2.45) is 5.41 Å². The predicted molar refractivity (Wildman–Crippen MR) is 91.3 cm³/mol. The fourth-order valence-corrected chi connectivity index (χ4v) is 3.19. The van der Waals surface area contributed by atoms with Crippen molar-refractivity contribution in [1.82, 2.24) is 15.0 Å². The minimum Gasteiger partial charge on any atom is -0.392 e. The molecule has 1 saturated carbocycles. The predicted octanol–water partition coefficient (Wildman–Crippen LogP) is 3.91. The van der Waals surface area contributed by atoms with Gasteiger partial charge in [0.1, 0.15) is 5.82 Å². The van der Waals surface area contributed by atoms with E-state index in [9.17, 15) is 18.3 Å². The molecule has 2 heterocycles. The second kappa shape index (κ2) is 7.19. The molecule has 0 bridgehead atoms. The number of aliphatic hydroxyl groups excluding tert-OH is 1. The molecule has 0 saturated heterocycles. The van der Waals surface area contributed by atoms with Crippen LogP contribution in [0.2, 0.25) is 0 Å². The molecule has 2 aromatic rings. The van der Waals surface area contributed by atoms with Crippen LogP contribution in [0.5, 0.6) is 0 Å². The zero-order valence-electron chi connectivity index (χ0n) is 14.4. The lowest BCUT2D eigenvalue weighted by atomic mass is 9.73. The number of rotatable bonds is 4. The number of pyridine rings is 1. The lowest BCUT2D eigenvalue weighted by Gasteiger charge is -2.38. The van der Waals surface area contributed by atoms with Gasteiger partial charge in [-0.1, -0.05) is 19.8 Å². The zero-order valence-corrected chi connectivity index (χ0v) is 14.4. The zero-order chi connectivity index (χ0) is 18.8. The van der Waals surface area contributed by atoms with E-state index in [0.29, 0.717) is 18.5 Å². The van der Waals surface area contributed by atoms with Gasteiger partial charge in [-0.25, -0.2) is 9.97 Å². The van der Waals surface area contributed by atoms with Crippen molar-refractivity contribution in [2.45, 2.75) is 44.9 Å². The average Bonchev–Trinajstić information content (AvgIpc) is 2.62. The van der Waals surface area contributed by atoms with Crippen LogP contribution in [0.25, 0.3) is 11.4 Å². The largest absolute Gasteiger partial charge is 0.433 e. The summed E-state index contributed by atoms with van der Waals surface area (Å²) in [5.41, 5.74) is -0.937. The van der Waals surface area contributed by atoms with E-state index < -0.39 is 23.4 Å². The molecule has 0 aliphatic heterocycles. The highest BCUT2D eigenvalue weighted by atomic mass is 19.4. The van der Waals surface area contributed by atoms with Crippen molar-refractivity contribution in [3.05, 3.63) is 36.3 Å². The molecule has 0 spiro atoms. The molecular formula is C18H21F3N4O. The number of aliphatic hydroxyl groups is 1. The highest BCUT2D eigenvalue weighted by Crippen LogP contribution is 2.37. The van der Waals surface area contributed by atoms with Crippen LogP contribution in [0.4, 0.5) is 19.0 Å². The van der Waals surface area contributed by atoms with Crippen LogP contribution in [-0.4, -0.2) is 32.7 Å². The molecule has 0 radical (unpaired) electrons. The van der Waals surface area contributed by atoms with Gasteiger partial charge < -0.3 is 10.4 Å². The van der Waals surface area contributed by atoms with Gasteiger partial charge >= 0.3 is 6.18 Å². The number of nitrogens with zero attached hydrogens (tertiary/aromatic N) is 3. The van der Waals surface area contributed by atoms with Crippen LogP contribution in [-0.2, 0) is 6.18 Å². The molecule has 2 atom stereocenters. The fourth-order valence-electron chi connectivity index (χ4n) is 3.19. The molecule has 2 aromatic heterocycles. The first kappa shape index (κ1) is 18.6. The monoisotopic (exact) mass is 366 g/mol. The lowest BCUT2D eigenvalue weighted by Crippen LogP contribution is -2.41. The fraction of sp³-hybridized carbons (Fsp3) is 0.500. The Morgan fingerprint density at radius 2 is 1.96 bits per heavy atom. The van der Waals surface area contributed by atoms with Crippen LogP contribution in [0.15, 0.2) is 30.6 Å². The summed E-state index contributed by atoms with van der Waals surface area (Å²) in [6, 6.07) is 4.03. The molecule has 2 unspecified atom stereocenters. The maximum atomic E-state index is 13.2. The third-order valence-corrected chi connectivity index (χ3v) is 4.91. The summed E-state index contributed by atoms with van der Waals surface area (Å²) < 4.78 is 39.7. The minimum absolute atomic E-state index is 0.0147. The van der Waals surface area contributed by atoms with E-state index in [-0.39, 0.29) is 11.6 Å². The van der Waals surface area contributed by atoms with Gasteiger partial charge in [-0.3, -0.25) is 4.98 Å².